The van der Waals surface area contributed by atoms with Crippen molar-refractivity contribution in [2.45, 2.75) is 19.0 Å². The van der Waals surface area contributed by atoms with Gasteiger partial charge in [-0.2, -0.15) is 0 Å². The molecule has 0 bridgehead atoms. The molecule has 1 N–H and O–H groups in total. The van der Waals surface area contributed by atoms with Crippen molar-refractivity contribution in [3.8, 4) is 11.4 Å². The lowest BCUT2D eigenvalue weighted by Crippen LogP contribution is -2.16. The maximum atomic E-state index is 12.3. The number of hydrogen-bond acceptors (Lipinski definition) is 7. The number of aryl methyl sites for hydroxylation is 2. The van der Waals surface area contributed by atoms with E-state index in [1.165, 1.54) is 17.8 Å². The SMILES string of the molecule is Cc1cccc([N+](=O)[O-])c1NC(=O)CSc1nnc(-c2ccoc2C)n1C. The van der Waals surface area contributed by atoms with Crippen LogP contribution < -0.4 is 5.32 Å². The summed E-state index contributed by atoms with van der Waals surface area (Å²) in [6.45, 7) is 3.54. The first kappa shape index (κ1) is 18.6. The molecule has 0 saturated heterocycles. The first-order valence-electron chi connectivity index (χ1n) is 7.99. The third kappa shape index (κ3) is 3.85. The van der Waals surface area contributed by atoms with Crippen molar-refractivity contribution in [2.75, 3.05) is 11.1 Å². The van der Waals surface area contributed by atoms with Gasteiger partial charge in [-0.1, -0.05) is 23.9 Å². The molecular formula is C17H17N5O4S. The van der Waals surface area contributed by atoms with E-state index >= 15 is 0 Å². The average molecular weight is 387 g/mol. The second-order valence-electron chi connectivity index (χ2n) is 5.82. The molecule has 0 radical (unpaired) electrons. The molecule has 0 aliphatic carbocycles. The number of nitrogens with one attached hydrogen (secondary N) is 1. The number of anilines is 1. The van der Waals surface area contributed by atoms with Crippen molar-refractivity contribution in [1.29, 1.82) is 0 Å². The first-order chi connectivity index (χ1) is 12.9. The van der Waals surface area contributed by atoms with E-state index in [0.717, 1.165) is 11.3 Å². The number of benzene rings is 1. The van der Waals surface area contributed by atoms with Gasteiger partial charge in [-0.05, 0) is 25.5 Å². The molecule has 140 valence electrons. The van der Waals surface area contributed by atoms with Crippen LogP contribution in [0.1, 0.15) is 11.3 Å². The topological polar surface area (TPSA) is 116 Å². The average Bonchev–Trinajstić information content (AvgIpc) is 3.20. The van der Waals surface area contributed by atoms with Crippen molar-refractivity contribution in [3.63, 3.8) is 0 Å². The third-order valence-electron chi connectivity index (χ3n) is 3.98. The van der Waals surface area contributed by atoms with Gasteiger partial charge in [-0.25, -0.2) is 0 Å². The van der Waals surface area contributed by atoms with Crippen molar-refractivity contribution < 1.29 is 14.1 Å². The Morgan fingerprint density at radius 2 is 2.11 bits per heavy atom. The van der Waals surface area contributed by atoms with Gasteiger partial charge in [-0.15, -0.1) is 10.2 Å². The number of rotatable bonds is 6. The van der Waals surface area contributed by atoms with Crippen LogP contribution in [0.3, 0.4) is 0 Å². The number of nitrogens with zero attached hydrogens (tertiary/aromatic N) is 4. The molecule has 0 saturated carbocycles. The number of para-hydroxylation sites is 1. The van der Waals surface area contributed by atoms with Gasteiger partial charge in [0.05, 0.1) is 22.5 Å². The van der Waals surface area contributed by atoms with Crippen molar-refractivity contribution in [2.24, 2.45) is 7.05 Å². The van der Waals surface area contributed by atoms with Crippen LogP contribution in [0.25, 0.3) is 11.4 Å². The van der Waals surface area contributed by atoms with Crippen LogP contribution >= 0.6 is 11.8 Å². The molecule has 1 aromatic carbocycles. The van der Waals surface area contributed by atoms with Gasteiger partial charge in [0.1, 0.15) is 11.4 Å². The van der Waals surface area contributed by atoms with Crippen LogP contribution in [0.5, 0.6) is 0 Å². The number of nitro benzene ring substituents is 1. The van der Waals surface area contributed by atoms with Gasteiger partial charge in [0.25, 0.3) is 5.69 Å². The highest BCUT2D eigenvalue weighted by atomic mass is 32.2. The second-order valence-corrected chi connectivity index (χ2v) is 6.76. The highest BCUT2D eigenvalue weighted by Gasteiger charge is 2.19. The maximum absolute atomic E-state index is 12.3. The van der Waals surface area contributed by atoms with Gasteiger partial charge in [-0.3, -0.25) is 14.9 Å². The minimum atomic E-state index is -0.516. The standard InChI is InChI=1S/C17H17N5O4S/c1-10-5-4-6-13(22(24)25)15(10)18-14(23)9-27-17-20-19-16(21(17)3)12-7-8-26-11(12)2/h4-8H,9H2,1-3H3,(H,18,23). The lowest BCUT2D eigenvalue weighted by Gasteiger charge is -2.08. The van der Waals surface area contributed by atoms with E-state index in [9.17, 15) is 14.9 Å². The maximum Gasteiger partial charge on any atom is 0.293 e. The number of hydrogen-bond donors (Lipinski definition) is 1. The fraction of sp³-hybridized carbons (Fsp3) is 0.235. The van der Waals surface area contributed by atoms with Crippen LogP contribution in [0.2, 0.25) is 0 Å². The van der Waals surface area contributed by atoms with E-state index in [2.05, 4.69) is 15.5 Å². The van der Waals surface area contributed by atoms with E-state index < -0.39 is 4.92 Å². The normalized spacial score (nSPS) is 10.8. The summed E-state index contributed by atoms with van der Waals surface area (Å²) >= 11 is 1.20. The fourth-order valence-electron chi connectivity index (χ4n) is 2.56. The molecule has 0 atom stereocenters. The number of furan rings is 1. The zero-order valence-corrected chi connectivity index (χ0v) is 15.7. The summed E-state index contributed by atoms with van der Waals surface area (Å²) in [6, 6.07) is 6.45. The highest BCUT2D eigenvalue weighted by molar-refractivity contribution is 7.99. The molecule has 2 aromatic heterocycles. The number of carbonyl (C=O) groups is 1. The van der Waals surface area contributed by atoms with Gasteiger partial charge >= 0.3 is 0 Å². The number of thioether (sulfide) groups is 1. The van der Waals surface area contributed by atoms with Gasteiger partial charge in [0.15, 0.2) is 11.0 Å². The zero-order valence-electron chi connectivity index (χ0n) is 14.9. The molecule has 27 heavy (non-hydrogen) atoms. The molecule has 2 heterocycles. The summed E-state index contributed by atoms with van der Waals surface area (Å²) in [6.07, 6.45) is 1.58. The Morgan fingerprint density at radius 3 is 2.78 bits per heavy atom. The molecular weight excluding hydrogens is 370 g/mol. The van der Waals surface area contributed by atoms with E-state index in [0.29, 0.717) is 16.5 Å². The predicted octanol–water partition coefficient (Wildman–Crippen LogP) is 3.33. The quantitative estimate of drug-likeness (QED) is 0.392. The monoisotopic (exact) mass is 387 g/mol. The molecule has 3 rings (SSSR count). The molecule has 9 nitrogen and oxygen atoms in total. The van der Waals surface area contributed by atoms with Crippen LogP contribution in [-0.4, -0.2) is 31.3 Å². The first-order valence-corrected chi connectivity index (χ1v) is 8.97. The van der Waals surface area contributed by atoms with Gasteiger partial charge in [0, 0.05) is 13.1 Å². The summed E-state index contributed by atoms with van der Waals surface area (Å²) in [5.41, 5.74) is 1.53. The molecule has 10 heteroatoms. The van der Waals surface area contributed by atoms with Crippen molar-refractivity contribution in [3.05, 3.63) is 52.0 Å². The number of carbonyl (C=O) groups excluding carboxylic acids is 1. The van der Waals surface area contributed by atoms with Crippen LogP contribution in [-0.2, 0) is 11.8 Å². The van der Waals surface area contributed by atoms with Crippen LogP contribution in [0.4, 0.5) is 11.4 Å². The molecule has 1 amide bonds. The molecule has 3 aromatic rings. The summed E-state index contributed by atoms with van der Waals surface area (Å²) in [7, 11) is 1.80. The minimum absolute atomic E-state index is 0.0435. The summed E-state index contributed by atoms with van der Waals surface area (Å²) in [5, 5.41) is 22.6. The van der Waals surface area contributed by atoms with E-state index in [1.54, 1.807) is 43.0 Å². The summed E-state index contributed by atoms with van der Waals surface area (Å²) in [4.78, 5) is 22.9. The van der Waals surface area contributed by atoms with Gasteiger partial charge in [0.2, 0.25) is 5.91 Å². The smallest absolute Gasteiger partial charge is 0.293 e. The zero-order chi connectivity index (χ0) is 19.6. The van der Waals surface area contributed by atoms with Crippen molar-refractivity contribution in [1.82, 2.24) is 14.8 Å². The predicted molar refractivity (Wildman–Crippen MR) is 101 cm³/mol. The summed E-state index contributed by atoms with van der Waals surface area (Å²) in [5.74, 6) is 1.05. The molecule has 0 unspecified atom stereocenters. The van der Waals surface area contributed by atoms with Crippen molar-refractivity contribution >= 4 is 29.0 Å². The molecule has 0 spiro atoms. The second kappa shape index (κ2) is 7.62. The third-order valence-corrected chi connectivity index (χ3v) is 5.00. The van der Waals surface area contributed by atoms with E-state index in [-0.39, 0.29) is 23.0 Å². The van der Waals surface area contributed by atoms with Crippen LogP contribution in [0, 0.1) is 24.0 Å². The Kier molecular flexibility index (Phi) is 5.26. The Morgan fingerprint density at radius 1 is 1.33 bits per heavy atom. The van der Waals surface area contributed by atoms with Crippen LogP contribution in [0.15, 0.2) is 40.1 Å². The van der Waals surface area contributed by atoms with E-state index in [1.807, 2.05) is 6.92 Å². The molecule has 0 aliphatic heterocycles. The number of amides is 1. The van der Waals surface area contributed by atoms with Gasteiger partial charge < -0.3 is 14.3 Å². The van der Waals surface area contributed by atoms with E-state index in [4.69, 9.17) is 4.42 Å². The molecule has 0 aliphatic rings. The Labute approximate surface area is 158 Å². The fourth-order valence-corrected chi connectivity index (χ4v) is 3.28. The number of aromatic nitrogens is 3. The Bertz CT molecular complexity index is 1010. The highest BCUT2D eigenvalue weighted by Crippen LogP contribution is 2.29. The molecule has 0 fully saturated rings. The summed E-state index contributed by atoms with van der Waals surface area (Å²) < 4.78 is 7.05. The largest absolute Gasteiger partial charge is 0.469 e. The lowest BCUT2D eigenvalue weighted by atomic mass is 10.1. The lowest BCUT2D eigenvalue weighted by molar-refractivity contribution is -0.384. The minimum Gasteiger partial charge on any atom is -0.469 e. The Balaban J connectivity index is 1.70. The Hall–Kier alpha value is -3.14. The number of nitro groups is 1.